The number of methoxy groups -OCH3 is 1. The summed E-state index contributed by atoms with van der Waals surface area (Å²) in [5, 5.41) is 3.89. The van der Waals surface area contributed by atoms with E-state index in [2.05, 4.69) is 79.4 Å². The Morgan fingerprint density at radius 2 is 1.49 bits per heavy atom. The average molecular weight is 1040 g/mol. The lowest BCUT2D eigenvalue weighted by atomic mass is 9.98. The van der Waals surface area contributed by atoms with E-state index in [0.29, 0.717) is 68.7 Å². The fourth-order valence-electron chi connectivity index (χ4n) is 10.3. The second-order valence-corrected chi connectivity index (χ2v) is 22.9. The standard InChI is InChI=1S/C59H69N5O8S2/c1-7-21-68-24-25-69-23-20-62(39-59(4,5)74-73-26-13-22-72-61-8-2)47-29-41(37-70-54-33-43-18-19-46-31-44-14-9-11-16-52(44)63(46)57(65)49(43)27-40(54)3)28-42(30-47)38-71-56-35-51-50(34-55(56)67-6)58(66)64-48(36-60-51)32-45-15-10-12-17-53(45)64/h8-12,14-17,27-30,33-36,46,48H,7,13,18-26,31-32,37-39H2,1-6H3/b61-8+/t46-,48+/m1/s1. The van der Waals surface area contributed by atoms with E-state index < -0.39 is 0 Å². The highest BCUT2D eigenvalue weighted by Gasteiger charge is 2.38. The molecule has 0 saturated heterocycles. The first-order valence-electron chi connectivity index (χ1n) is 26.0. The molecule has 5 aromatic rings. The van der Waals surface area contributed by atoms with E-state index in [4.69, 9.17) is 33.5 Å². The van der Waals surface area contributed by atoms with E-state index in [1.54, 1.807) is 19.4 Å². The number of amides is 2. The molecule has 0 saturated carbocycles. The number of oxime groups is 1. The number of rotatable bonds is 25. The number of para-hydroxylation sites is 2. The van der Waals surface area contributed by atoms with Crippen molar-refractivity contribution in [1.29, 1.82) is 0 Å². The fraction of sp³-hybridized carbons (Fsp3) is 0.424. The Kier molecular flexibility index (Phi) is 17.5. The normalized spacial score (nSPS) is 16.5. The maximum absolute atomic E-state index is 14.2. The average Bonchev–Trinajstić information content (AvgIpc) is 3.90. The van der Waals surface area contributed by atoms with Crippen LogP contribution in [0.2, 0.25) is 0 Å². The van der Waals surface area contributed by atoms with Crippen molar-refractivity contribution in [2.75, 3.05) is 73.7 Å². The fourth-order valence-corrected chi connectivity index (χ4v) is 12.8. The zero-order chi connectivity index (χ0) is 51.6. The van der Waals surface area contributed by atoms with Crippen LogP contribution in [0.15, 0.2) is 101 Å². The van der Waals surface area contributed by atoms with E-state index in [9.17, 15) is 9.59 Å². The molecule has 4 heterocycles. The summed E-state index contributed by atoms with van der Waals surface area (Å²) >= 11 is 0. The maximum atomic E-state index is 14.2. The van der Waals surface area contributed by atoms with Gasteiger partial charge in [-0.25, -0.2) is 0 Å². The number of nitrogens with zero attached hydrogens (tertiary/aromatic N) is 5. The molecular formula is C59H69N5O8S2. The van der Waals surface area contributed by atoms with Crippen LogP contribution in [0.5, 0.6) is 17.2 Å². The minimum Gasteiger partial charge on any atom is -0.493 e. The molecule has 0 spiro atoms. The predicted octanol–water partition coefficient (Wildman–Crippen LogP) is 11.8. The third-order valence-corrected chi connectivity index (χ3v) is 17.1. The van der Waals surface area contributed by atoms with E-state index >= 15 is 0 Å². The summed E-state index contributed by atoms with van der Waals surface area (Å²) < 4.78 is 31.1. The molecule has 0 N–H and O–H groups in total. The monoisotopic (exact) mass is 1040 g/mol. The number of anilines is 3. The summed E-state index contributed by atoms with van der Waals surface area (Å²) in [6, 6.07) is 30.4. The van der Waals surface area contributed by atoms with Crippen LogP contribution in [0.4, 0.5) is 22.7 Å². The summed E-state index contributed by atoms with van der Waals surface area (Å²) in [6.07, 6.45) is 8.64. The van der Waals surface area contributed by atoms with Crippen molar-refractivity contribution in [3.05, 3.63) is 136 Å². The lowest BCUT2D eigenvalue weighted by molar-refractivity contribution is 0.0505. The maximum Gasteiger partial charge on any atom is 0.261 e. The third kappa shape index (κ3) is 12.4. The van der Waals surface area contributed by atoms with Crippen molar-refractivity contribution < 1.29 is 38.1 Å². The van der Waals surface area contributed by atoms with Crippen molar-refractivity contribution in [3.63, 3.8) is 0 Å². The van der Waals surface area contributed by atoms with E-state index in [0.717, 1.165) is 101 Å². The molecule has 13 nitrogen and oxygen atoms in total. The van der Waals surface area contributed by atoms with Crippen LogP contribution in [-0.2, 0) is 46.8 Å². The molecule has 0 aliphatic carbocycles. The second kappa shape index (κ2) is 24.6. The summed E-state index contributed by atoms with van der Waals surface area (Å²) in [5.41, 5.74) is 10.9. The quantitative estimate of drug-likeness (QED) is 0.0240. The van der Waals surface area contributed by atoms with Crippen LogP contribution in [0.3, 0.4) is 0 Å². The van der Waals surface area contributed by atoms with Crippen molar-refractivity contribution in [1.82, 2.24) is 0 Å². The number of benzene rings is 5. The first-order valence-corrected chi connectivity index (χ1v) is 28.3. The van der Waals surface area contributed by atoms with Gasteiger partial charge in [-0.15, -0.1) is 0 Å². The van der Waals surface area contributed by atoms with Crippen molar-refractivity contribution >= 4 is 68.6 Å². The Morgan fingerprint density at radius 1 is 0.784 bits per heavy atom. The highest BCUT2D eigenvalue weighted by Crippen LogP contribution is 2.43. The van der Waals surface area contributed by atoms with Gasteiger partial charge in [-0.1, -0.05) is 70.1 Å². The lowest BCUT2D eigenvalue weighted by Gasteiger charge is -2.34. The number of hydrogen-bond acceptors (Lipinski definition) is 13. The SMILES string of the molecule is C/C=N/OCCCSSC(C)(C)CN(CCOCCOCCC)c1cc(COc2cc3c(cc2C)C(=O)N2c4ccccc4C[C@H]2CC3)cc(COc2cc3c(cc2OC)C(=O)N2c4ccccc4C[C@H]2C=N3)c1. The molecule has 390 valence electrons. The smallest absolute Gasteiger partial charge is 0.261 e. The highest BCUT2D eigenvalue weighted by atomic mass is 33.1. The van der Waals surface area contributed by atoms with Gasteiger partial charge in [0.1, 0.15) is 25.6 Å². The number of aliphatic imine (C=N–C) groups is 1. The molecule has 0 aromatic heterocycles. The van der Waals surface area contributed by atoms with E-state index in [1.165, 1.54) is 5.56 Å². The molecule has 5 aromatic carbocycles. The largest absolute Gasteiger partial charge is 0.493 e. The molecule has 4 aliphatic heterocycles. The Labute approximate surface area is 444 Å². The number of carbonyl (C=O) groups excluding carboxylic acids is 2. The first kappa shape index (κ1) is 52.8. The predicted molar refractivity (Wildman–Crippen MR) is 300 cm³/mol. The van der Waals surface area contributed by atoms with Crippen LogP contribution in [0, 0.1) is 6.92 Å². The topological polar surface area (TPSA) is 124 Å². The van der Waals surface area contributed by atoms with Crippen molar-refractivity contribution in [2.45, 2.75) is 103 Å². The summed E-state index contributed by atoms with van der Waals surface area (Å²) in [7, 11) is 5.30. The Bertz CT molecular complexity index is 2860. The molecular weight excluding hydrogens is 971 g/mol. The summed E-state index contributed by atoms with van der Waals surface area (Å²) in [6.45, 7) is 15.3. The van der Waals surface area contributed by atoms with Crippen LogP contribution < -0.4 is 28.9 Å². The van der Waals surface area contributed by atoms with Crippen LogP contribution in [-0.4, -0.2) is 100 Å². The van der Waals surface area contributed by atoms with E-state index in [-0.39, 0.29) is 41.9 Å². The molecule has 0 unspecified atom stereocenters. The number of hydrogen-bond donors (Lipinski definition) is 0. The molecule has 2 amide bonds. The van der Waals surface area contributed by atoms with Crippen LogP contribution in [0.1, 0.15) is 101 Å². The molecule has 0 radical (unpaired) electrons. The minimum atomic E-state index is -0.177. The van der Waals surface area contributed by atoms with Gasteiger partial charge >= 0.3 is 0 Å². The molecule has 0 bridgehead atoms. The Morgan fingerprint density at radius 3 is 2.23 bits per heavy atom. The van der Waals surface area contributed by atoms with Gasteiger partial charge in [0, 0.05) is 83.8 Å². The molecule has 15 heteroatoms. The van der Waals surface area contributed by atoms with Gasteiger partial charge in [0.05, 0.1) is 44.2 Å². The number of fused-ring (bicyclic) bond motifs is 8. The zero-order valence-electron chi connectivity index (χ0n) is 43.6. The van der Waals surface area contributed by atoms with Gasteiger partial charge in [-0.2, -0.15) is 0 Å². The molecule has 74 heavy (non-hydrogen) atoms. The van der Waals surface area contributed by atoms with Gasteiger partial charge in [0.2, 0.25) is 0 Å². The van der Waals surface area contributed by atoms with Gasteiger partial charge in [-0.3, -0.25) is 19.5 Å². The molecule has 0 fully saturated rings. The van der Waals surface area contributed by atoms with Crippen molar-refractivity contribution in [2.24, 2.45) is 10.1 Å². The first-order chi connectivity index (χ1) is 36.0. The number of carbonyl (C=O) groups is 2. The van der Waals surface area contributed by atoms with Gasteiger partial charge in [0.15, 0.2) is 11.5 Å². The number of ether oxygens (including phenoxy) is 5. The van der Waals surface area contributed by atoms with Gasteiger partial charge < -0.3 is 38.3 Å². The highest BCUT2D eigenvalue weighted by molar-refractivity contribution is 8.77. The Balaban J connectivity index is 0.989. The molecule has 2 atom stereocenters. The lowest BCUT2D eigenvalue weighted by Crippen LogP contribution is -2.38. The summed E-state index contributed by atoms with van der Waals surface area (Å²) in [5.74, 6) is 2.56. The van der Waals surface area contributed by atoms with Gasteiger partial charge in [-0.05, 0) is 142 Å². The number of aryl methyl sites for hydroxylation is 2. The second-order valence-electron chi connectivity index (χ2n) is 19.8. The van der Waals surface area contributed by atoms with Crippen LogP contribution in [0.25, 0.3) is 0 Å². The van der Waals surface area contributed by atoms with Gasteiger partial charge in [0.25, 0.3) is 11.8 Å². The summed E-state index contributed by atoms with van der Waals surface area (Å²) in [4.78, 5) is 44.9. The molecule has 4 aliphatic rings. The van der Waals surface area contributed by atoms with E-state index in [1.807, 2.05) is 87.8 Å². The zero-order valence-corrected chi connectivity index (χ0v) is 45.2. The van der Waals surface area contributed by atoms with Crippen molar-refractivity contribution in [3.8, 4) is 17.2 Å². The Hall–Kier alpha value is -6.00. The van der Waals surface area contributed by atoms with Crippen LogP contribution >= 0.6 is 21.6 Å². The minimum absolute atomic E-state index is 0.0582. The molecule has 9 rings (SSSR count). The third-order valence-electron chi connectivity index (χ3n) is 13.7.